The molecule has 0 radical (unpaired) electrons. The highest BCUT2D eigenvalue weighted by Crippen LogP contribution is 2.45. The van der Waals surface area contributed by atoms with Crippen LogP contribution in [0.5, 0.6) is 17.2 Å². The van der Waals surface area contributed by atoms with E-state index < -0.39 is 11.9 Å². The lowest BCUT2D eigenvalue weighted by Gasteiger charge is -2.26. The van der Waals surface area contributed by atoms with Gasteiger partial charge in [0.15, 0.2) is 5.75 Å². The molecule has 7 heteroatoms. The molecule has 0 unspecified atom stereocenters. The summed E-state index contributed by atoms with van der Waals surface area (Å²) in [5.74, 6) is -0.670. The van der Waals surface area contributed by atoms with Crippen molar-refractivity contribution in [2.24, 2.45) is 0 Å². The molecule has 1 saturated heterocycles. The van der Waals surface area contributed by atoms with Crippen molar-refractivity contribution in [2.75, 3.05) is 18.0 Å². The zero-order chi connectivity index (χ0) is 21.5. The van der Waals surface area contributed by atoms with Gasteiger partial charge in [0.25, 0.3) is 0 Å². The molecule has 0 aliphatic carbocycles. The number of rotatable bonds is 4. The number of fused-ring (bicyclic) bond motifs is 1. The molecule has 3 aromatic rings. The smallest absolute Gasteiger partial charge is 0.423 e. The standard InChI is InChI=1S/C24H22N2O5/c1-14-7-3-4-8-18(14)29-13-16-11-17-20-19(12-16)30-23(27)24(28)31-22(15(2)25-17)21(20)26-9-5-6-10-26/h3-4,7-8,11-12H,5-6,9-10,13H2,1-2H3. The quantitative estimate of drug-likeness (QED) is 0.362. The Morgan fingerprint density at radius 3 is 2.55 bits per heavy atom. The van der Waals surface area contributed by atoms with Crippen LogP contribution in [0.2, 0.25) is 0 Å². The van der Waals surface area contributed by atoms with Gasteiger partial charge in [0.05, 0.1) is 22.3 Å². The molecule has 0 saturated carbocycles. The first-order valence-corrected chi connectivity index (χ1v) is 10.4. The minimum absolute atomic E-state index is 0.275. The third-order valence-corrected chi connectivity index (χ3v) is 5.68. The highest BCUT2D eigenvalue weighted by atomic mass is 16.6. The molecular weight excluding hydrogens is 396 g/mol. The van der Waals surface area contributed by atoms with E-state index in [0.717, 1.165) is 48.5 Å². The second kappa shape index (κ2) is 7.58. The maximum atomic E-state index is 12.3. The summed E-state index contributed by atoms with van der Waals surface area (Å²) in [4.78, 5) is 31.4. The zero-order valence-corrected chi connectivity index (χ0v) is 17.4. The van der Waals surface area contributed by atoms with Crippen LogP contribution >= 0.6 is 0 Å². The molecule has 2 aliphatic rings. The van der Waals surface area contributed by atoms with Crippen molar-refractivity contribution in [3.05, 3.63) is 53.2 Å². The topological polar surface area (TPSA) is 78.0 Å². The predicted octanol–water partition coefficient (Wildman–Crippen LogP) is 3.86. The van der Waals surface area contributed by atoms with Crippen molar-refractivity contribution in [2.45, 2.75) is 33.3 Å². The van der Waals surface area contributed by atoms with Gasteiger partial charge >= 0.3 is 11.9 Å². The number of ether oxygens (including phenoxy) is 3. The van der Waals surface area contributed by atoms with Gasteiger partial charge in [-0.1, -0.05) is 18.2 Å². The number of carbonyl (C=O) groups excluding carboxylic acids is 2. The number of aryl methyl sites for hydroxylation is 2. The van der Waals surface area contributed by atoms with E-state index in [2.05, 4.69) is 9.88 Å². The summed E-state index contributed by atoms with van der Waals surface area (Å²) in [7, 11) is 0. The fourth-order valence-corrected chi connectivity index (χ4v) is 4.18. The molecule has 158 valence electrons. The Morgan fingerprint density at radius 1 is 1.03 bits per heavy atom. The monoisotopic (exact) mass is 418 g/mol. The first-order valence-electron chi connectivity index (χ1n) is 10.4. The van der Waals surface area contributed by atoms with Gasteiger partial charge in [-0.15, -0.1) is 0 Å². The number of esters is 2. The van der Waals surface area contributed by atoms with Gasteiger partial charge in [-0.2, -0.15) is 0 Å². The van der Waals surface area contributed by atoms with Crippen LogP contribution in [0.25, 0.3) is 10.9 Å². The number of para-hydroxylation sites is 1. The molecule has 7 nitrogen and oxygen atoms in total. The summed E-state index contributed by atoms with van der Waals surface area (Å²) in [6, 6.07) is 11.4. The predicted molar refractivity (Wildman–Crippen MR) is 115 cm³/mol. The summed E-state index contributed by atoms with van der Waals surface area (Å²) >= 11 is 0. The highest BCUT2D eigenvalue weighted by Gasteiger charge is 2.32. The fraction of sp³-hybridized carbons (Fsp3) is 0.292. The summed E-state index contributed by atoms with van der Waals surface area (Å²) in [5.41, 5.74) is 3.82. The fourth-order valence-electron chi connectivity index (χ4n) is 4.18. The van der Waals surface area contributed by atoms with E-state index in [0.29, 0.717) is 28.1 Å². The van der Waals surface area contributed by atoms with Gasteiger partial charge in [0.2, 0.25) is 0 Å². The van der Waals surface area contributed by atoms with Crippen molar-refractivity contribution >= 4 is 28.5 Å². The van der Waals surface area contributed by atoms with Crippen LogP contribution in [0, 0.1) is 13.8 Å². The minimum atomic E-state index is -1.04. The molecule has 3 heterocycles. The van der Waals surface area contributed by atoms with Crippen LogP contribution in [0.15, 0.2) is 36.4 Å². The van der Waals surface area contributed by atoms with Crippen LogP contribution in [-0.2, 0) is 16.2 Å². The first-order chi connectivity index (χ1) is 15.0. The Balaban J connectivity index is 1.65. The van der Waals surface area contributed by atoms with Gasteiger partial charge in [0.1, 0.15) is 18.1 Å². The van der Waals surface area contributed by atoms with E-state index in [9.17, 15) is 9.59 Å². The maximum Gasteiger partial charge on any atom is 0.423 e. The Morgan fingerprint density at radius 2 is 1.77 bits per heavy atom. The molecule has 0 N–H and O–H groups in total. The van der Waals surface area contributed by atoms with E-state index >= 15 is 0 Å². The number of anilines is 1. The Kier molecular flexibility index (Phi) is 4.73. The normalized spacial score (nSPS) is 15.6. The average molecular weight is 418 g/mol. The number of pyridine rings is 1. The van der Waals surface area contributed by atoms with Crippen LogP contribution in [0.3, 0.4) is 0 Å². The third kappa shape index (κ3) is 3.46. The van der Waals surface area contributed by atoms with Crippen LogP contribution in [0.1, 0.15) is 29.7 Å². The van der Waals surface area contributed by atoms with Crippen LogP contribution in [0.4, 0.5) is 5.69 Å². The second-order valence-corrected chi connectivity index (χ2v) is 7.89. The summed E-state index contributed by atoms with van der Waals surface area (Å²) < 4.78 is 16.8. The summed E-state index contributed by atoms with van der Waals surface area (Å²) in [6.45, 7) is 5.72. The third-order valence-electron chi connectivity index (χ3n) is 5.68. The van der Waals surface area contributed by atoms with Crippen molar-refractivity contribution in [1.82, 2.24) is 4.98 Å². The van der Waals surface area contributed by atoms with Crippen molar-refractivity contribution in [3.8, 4) is 17.2 Å². The molecule has 2 aromatic carbocycles. The number of nitrogens with zero attached hydrogens (tertiary/aromatic N) is 2. The highest BCUT2D eigenvalue weighted by molar-refractivity contribution is 6.32. The summed E-state index contributed by atoms with van der Waals surface area (Å²) in [5, 5.41) is 0.683. The number of hydrogen-bond acceptors (Lipinski definition) is 7. The largest absolute Gasteiger partial charge is 0.489 e. The van der Waals surface area contributed by atoms with Crippen molar-refractivity contribution < 1.29 is 23.8 Å². The van der Waals surface area contributed by atoms with E-state index in [1.807, 2.05) is 37.3 Å². The molecule has 5 rings (SSSR count). The van der Waals surface area contributed by atoms with Gasteiger partial charge in [-0.25, -0.2) is 14.6 Å². The van der Waals surface area contributed by atoms with E-state index in [-0.39, 0.29) is 6.61 Å². The number of carbonyl (C=O) groups is 2. The first kappa shape index (κ1) is 19.4. The molecule has 0 amide bonds. The van der Waals surface area contributed by atoms with E-state index in [1.165, 1.54) is 0 Å². The van der Waals surface area contributed by atoms with Gasteiger partial charge in [0, 0.05) is 13.1 Å². The molecule has 2 aliphatic heterocycles. The molecule has 31 heavy (non-hydrogen) atoms. The average Bonchev–Trinajstić information content (AvgIpc) is 3.27. The SMILES string of the molecule is Cc1ccccc1OCc1cc2c3c(N4CCCC4)c(c(C)nc3c1)OC(=O)C(=O)O2. The lowest BCUT2D eigenvalue weighted by Crippen LogP contribution is -2.29. The molecule has 1 fully saturated rings. The Bertz CT molecular complexity index is 1210. The lowest BCUT2D eigenvalue weighted by atomic mass is 10.1. The molecule has 0 spiro atoms. The molecule has 2 bridgehead atoms. The van der Waals surface area contributed by atoms with Gasteiger partial charge in [-0.3, -0.25) is 0 Å². The minimum Gasteiger partial charge on any atom is -0.489 e. The second-order valence-electron chi connectivity index (χ2n) is 7.89. The lowest BCUT2D eigenvalue weighted by molar-refractivity contribution is -0.156. The number of aromatic nitrogens is 1. The van der Waals surface area contributed by atoms with Crippen LogP contribution in [-0.4, -0.2) is 30.0 Å². The van der Waals surface area contributed by atoms with Crippen molar-refractivity contribution in [1.29, 1.82) is 0 Å². The van der Waals surface area contributed by atoms with Gasteiger partial charge < -0.3 is 19.1 Å². The Labute approximate surface area is 179 Å². The zero-order valence-electron chi connectivity index (χ0n) is 17.4. The summed E-state index contributed by atoms with van der Waals surface area (Å²) in [6.07, 6.45) is 2.10. The van der Waals surface area contributed by atoms with Crippen molar-refractivity contribution in [3.63, 3.8) is 0 Å². The Hall–Kier alpha value is -3.61. The van der Waals surface area contributed by atoms with E-state index in [1.54, 1.807) is 13.0 Å². The maximum absolute atomic E-state index is 12.3. The van der Waals surface area contributed by atoms with Crippen LogP contribution < -0.4 is 19.1 Å². The number of hydrogen-bond donors (Lipinski definition) is 0. The van der Waals surface area contributed by atoms with Gasteiger partial charge in [-0.05, 0) is 56.0 Å². The molecule has 1 aromatic heterocycles. The molecule has 0 atom stereocenters. The molecular formula is C24H22N2O5. The number of benzene rings is 2. The van der Waals surface area contributed by atoms with E-state index in [4.69, 9.17) is 14.2 Å².